The lowest BCUT2D eigenvalue weighted by molar-refractivity contribution is 1.29. The SMILES string of the molecule is c1ccc(-c2cc3ccc4ccccc4c3[nH]2)nc1. The number of aromatic nitrogens is 2. The number of nitrogens with zero attached hydrogens (tertiary/aromatic N) is 1. The molecule has 0 aliphatic carbocycles. The zero-order chi connectivity index (χ0) is 12.7. The van der Waals surface area contributed by atoms with Gasteiger partial charge in [0.2, 0.25) is 0 Å². The van der Waals surface area contributed by atoms with Gasteiger partial charge in [0, 0.05) is 17.0 Å². The van der Waals surface area contributed by atoms with E-state index in [0.717, 1.165) is 11.4 Å². The molecular formula is C17H12N2. The highest BCUT2D eigenvalue weighted by Crippen LogP contribution is 2.28. The van der Waals surface area contributed by atoms with Crippen LogP contribution in [0.3, 0.4) is 0 Å². The molecule has 2 nitrogen and oxygen atoms in total. The summed E-state index contributed by atoms with van der Waals surface area (Å²) in [6.07, 6.45) is 1.82. The summed E-state index contributed by atoms with van der Waals surface area (Å²) in [4.78, 5) is 7.89. The highest BCUT2D eigenvalue weighted by atomic mass is 14.8. The standard InChI is InChI=1S/C17H12N2/c1-2-6-14-12(5-1)8-9-13-11-16(19-17(13)14)15-7-3-4-10-18-15/h1-11,19H. The Kier molecular flexibility index (Phi) is 2.15. The van der Waals surface area contributed by atoms with E-state index in [4.69, 9.17) is 0 Å². The molecular weight excluding hydrogens is 232 g/mol. The van der Waals surface area contributed by atoms with E-state index in [1.54, 1.807) is 0 Å². The number of pyridine rings is 1. The number of nitrogens with one attached hydrogen (secondary N) is 1. The van der Waals surface area contributed by atoms with Gasteiger partial charge in [-0.3, -0.25) is 4.98 Å². The first-order valence-corrected chi connectivity index (χ1v) is 6.34. The van der Waals surface area contributed by atoms with Crippen LogP contribution in [0.15, 0.2) is 66.9 Å². The Hall–Kier alpha value is -2.61. The van der Waals surface area contributed by atoms with Crippen molar-refractivity contribution in [2.75, 3.05) is 0 Å². The minimum atomic E-state index is 0.975. The Bertz CT molecular complexity index is 860. The van der Waals surface area contributed by atoms with E-state index < -0.39 is 0 Å². The summed E-state index contributed by atoms with van der Waals surface area (Å²) < 4.78 is 0. The van der Waals surface area contributed by atoms with E-state index in [-0.39, 0.29) is 0 Å². The molecule has 0 fully saturated rings. The van der Waals surface area contributed by atoms with E-state index in [0.29, 0.717) is 0 Å². The molecule has 2 aromatic carbocycles. The third-order valence-electron chi connectivity index (χ3n) is 3.46. The number of aromatic amines is 1. The van der Waals surface area contributed by atoms with Gasteiger partial charge in [-0.1, -0.05) is 42.5 Å². The van der Waals surface area contributed by atoms with Gasteiger partial charge < -0.3 is 4.98 Å². The monoisotopic (exact) mass is 244 g/mol. The van der Waals surface area contributed by atoms with Crippen LogP contribution in [0.4, 0.5) is 0 Å². The first-order valence-electron chi connectivity index (χ1n) is 6.34. The van der Waals surface area contributed by atoms with Crippen molar-refractivity contribution in [2.24, 2.45) is 0 Å². The molecule has 0 saturated heterocycles. The van der Waals surface area contributed by atoms with Gasteiger partial charge in [-0.25, -0.2) is 0 Å². The first-order chi connectivity index (χ1) is 9.42. The van der Waals surface area contributed by atoms with Crippen molar-refractivity contribution in [1.29, 1.82) is 0 Å². The van der Waals surface area contributed by atoms with E-state index in [1.807, 2.05) is 24.4 Å². The van der Waals surface area contributed by atoms with Gasteiger partial charge in [0.15, 0.2) is 0 Å². The number of fused-ring (bicyclic) bond motifs is 3. The molecule has 90 valence electrons. The lowest BCUT2D eigenvalue weighted by Gasteiger charge is -1.98. The summed E-state index contributed by atoms with van der Waals surface area (Å²) >= 11 is 0. The molecule has 0 radical (unpaired) electrons. The number of hydrogen-bond acceptors (Lipinski definition) is 1. The van der Waals surface area contributed by atoms with Gasteiger partial charge in [0.25, 0.3) is 0 Å². The zero-order valence-corrected chi connectivity index (χ0v) is 10.3. The molecule has 1 N–H and O–H groups in total. The third-order valence-corrected chi connectivity index (χ3v) is 3.46. The van der Waals surface area contributed by atoms with Gasteiger partial charge in [0.05, 0.1) is 16.9 Å². The second-order valence-electron chi connectivity index (χ2n) is 4.65. The maximum atomic E-state index is 4.39. The molecule has 0 amide bonds. The lowest BCUT2D eigenvalue weighted by Crippen LogP contribution is -1.80. The molecule has 19 heavy (non-hydrogen) atoms. The molecule has 0 spiro atoms. The van der Waals surface area contributed by atoms with Gasteiger partial charge in [-0.05, 0) is 23.6 Å². The van der Waals surface area contributed by atoms with Crippen molar-refractivity contribution in [2.45, 2.75) is 0 Å². The molecule has 2 heterocycles. The van der Waals surface area contributed by atoms with E-state index in [9.17, 15) is 0 Å². The third kappa shape index (κ3) is 1.61. The maximum Gasteiger partial charge on any atom is 0.0864 e. The number of benzene rings is 2. The predicted molar refractivity (Wildman–Crippen MR) is 79.0 cm³/mol. The topological polar surface area (TPSA) is 28.7 Å². The summed E-state index contributed by atoms with van der Waals surface area (Å²) in [5.74, 6) is 0. The fourth-order valence-electron chi connectivity index (χ4n) is 2.53. The molecule has 4 aromatic rings. The second kappa shape index (κ2) is 3.95. The summed E-state index contributed by atoms with van der Waals surface area (Å²) in [5.41, 5.74) is 3.22. The minimum absolute atomic E-state index is 0.975. The van der Waals surface area contributed by atoms with Crippen LogP contribution in [-0.2, 0) is 0 Å². The van der Waals surface area contributed by atoms with Crippen LogP contribution in [0.2, 0.25) is 0 Å². The fourth-order valence-corrected chi connectivity index (χ4v) is 2.53. The summed E-state index contributed by atoms with van der Waals surface area (Å²) in [6.45, 7) is 0. The molecule has 4 rings (SSSR count). The van der Waals surface area contributed by atoms with Crippen LogP contribution in [0.5, 0.6) is 0 Å². The smallest absolute Gasteiger partial charge is 0.0864 e. The van der Waals surface area contributed by atoms with Crippen molar-refractivity contribution in [3.05, 3.63) is 66.9 Å². The van der Waals surface area contributed by atoms with E-state index in [1.165, 1.54) is 21.7 Å². The Morgan fingerprint density at radius 1 is 0.789 bits per heavy atom. The van der Waals surface area contributed by atoms with Crippen molar-refractivity contribution in [3.63, 3.8) is 0 Å². The Labute approximate surface area is 110 Å². The quantitative estimate of drug-likeness (QED) is 0.528. The minimum Gasteiger partial charge on any atom is -0.353 e. The first kappa shape index (κ1) is 10.3. The highest BCUT2D eigenvalue weighted by Gasteiger charge is 2.06. The Morgan fingerprint density at radius 3 is 2.53 bits per heavy atom. The van der Waals surface area contributed by atoms with Gasteiger partial charge >= 0.3 is 0 Å². The van der Waals surface area contributed by atoms with Crippen LogP contribution in [0.25, 0.3) is 33.1 Å². The molecule has 0 saturated carbocycles. The largest absolute Gasteiger partial charge is 0.353 e. The van der Waals surface area contributed by atoms with Crippen LogP contribution in [0, 0.1) is 0 Å². The molecule has 0 aliphatic rings. The molecule has 0 atom stereocenters. The Morgan fingerprint density at radius 2 is 1.63 bits per heavy atom. The van der Waals surface area contributed by atoms with Crippen LogP contribution in [-0.4, -0.2) is 9.97 Å². The summed E-state index contributed by atoms with van der Waals surface area (Å²) in [6, 6.07) is 20.9. The molecule has 2 aromatic heterocycles. The average Bonchev–Trinajstić information content (AvgIpc) is 2.93. The van der Waals surface area contributed by atoms with Crippen molar-refractivity contribution in [3.8, 4) is 11.4 Å². The lowest BCUT2D eigenvalue weighted by atomic mass is 10.1. The number of rotatable bonds is 1. The molecule has 2 heteroatoms. The Balaban J connectivity index is 2.04. The normalized spacial score (nSPS) is 11.2. The van der Waals surface area contributed by atoms with Crippen molar-refractivity contribution < 1.29 is 0 Å². The van der Waals surface area contributed by atoms with Gasteiger partial charge in [-0.2, -0.15) is 0 Å². The van der Waals surface area contributed by atoms with Crippen LogP contribution >= 0.6 is 0 Å². The van der Waals surface area contributed by atoms with Gasteiger partial charge in [0.1, 0.15) is 0 Å². The number of H-pyrrole nitrogens is 1. The average molecular weight is 244 g/mol. The van der Waals surface area contributed by atoms with E-state index >= 15 is 0 Å². The van der Waals surface area contributed by atoms with Crippen LogP contribution in [0.1, 0.15) is 0 Å². The second-order valence-corrected chi connectivity index (χ2v) is 4.65. The number of hydrogen-bond donors (Lipinski definition) is 1. The molecule has 0 bridgehead atoms. The molecule has 0 unspecified atom stereocenters. The summed E-state index contributed by atoms with van der Waals surface area (Å²) in [5, 5.41) is 3.73. The zero-order valence-electron chi connectivity index (χ0n) is 10.3. The van der Waals surface area contributed by atoms with Crippen molar-refractivity contribution in [1.82, 2.24) is 9.97 Å². The maximum absolute atomic E-state index is 4.39. The van der Waals surface area contributed by atoms with Crippen LogP contribution < -0.4 is 0 Å². The molecule has 0 aliphatic heterocycles. The van der Waals surface area contributed by atoms with E-state index in [2.05, 4.69) is 52.4 Å². The fraction of sp³-hybridized carbons (Fsp3) is 0. The van der Waals surface area contributed by atoms with Gasteiger partial charge in [-0.15, -0.1) is 0 Å². The van der Waals surface area contributed by atoms with Crippen molar-refractivity contribution >= 4 is 21.7 Å². The highest BCUT2D eigenvalue weighted by molar-refractivity contribution is 6.06. The summed E-state index contributed by atoms with van der Waals surface area (Å²) in [7, 11) is 0. The predicted octanol–water partition coefficient (Wildman–Crippen LogP) is 4.38.